The molecule has 1 saturated heterocycles. The molecule has 0 radical (unpaired) electrons. The summed E-state index contributed by atoms with van der Waals surface area (Å²) in [5.74, 6) is 1.38. The first-order chi connectivity index (χ1) is 10.8. The maximum absolute atomic E-state index is 10.4. The number of allylic oxidation sites excluding steroid dienone is 4. The fourth-order valence-corrected chi connectivity index (χ4v) is 2.35. The smallest absolute Gasteiger partial charge is 0.212 e. The molecule has 1 fully saturated rings. The lowest BCUT2D eigenvalue weighted by Gasteiger charge is -2.14. The number of carbonyl (C=O) groups is 1. The minimum absolute atomic E-state index is 0.479. The molecule has 1 aliphatic carbocycles. The summed E-state index contributed by atoms with van der Waals surface area (Å²) in [4.78, 5) is 18.5. The molecule has 2 aliphatic rings. The van der Waals surface area contributed by atoms with E-state index in [4.69, 9.17) is 4.74 Å². The fraction of sp³-hybridized carbons (Fsp3) is 0.438. The summed E-state index contributed by atoms with van der Waals surface area (Å²) >= 11 is 0. The lowest BCUT2D eigenvalue weighted by molar-refractivity contribution is -0.105. The maximum Gasteiger partial charge on any atom is 0.212 e. The molecule has 2 heterocycles. The average Bonchev–Trinajstić information content (AvgIpc) is 3.15. The zero-order valence-corrected chi connectivity index (χ0v) is 12.8. The van der Waals surface area contributed by atoms with Gasteiger partial charge in [-0.1, -0.05) is 12.2 Å². The van der Waals surface area contributed by atoms with Gasteiger partial charge < -0.3 is 15.4 Å². The lowest BCUT2D eigenvalue weighted by Crippen LogP contribution is -2.03. The van der Waals surface area contributed by atoms with Crippen LogP contribution < -0.4 is 10.6 Å². The van der Waals surface area contributed by atoms with Crippen molar-refractivity contribution in [2.45, 2.75) is 25.7 Å². The van der Waals surface area contributed by atoms with Crippen molar-refractivity contribution in [2.24, 2.45) is 0 Å². The van der Waals surface area contributed by atoms with Crippen molar-refractivity contribution in [1.82, 2.24) is 15.3 Å². The highest BCUT2D eigenvalue weighted by molar-refractivity contribution is 5.77. The summed E-state index contributed by atoms with van der Waals surface area (Å²) in [6, 6.07) is 1.72. The van der Waals surface area contributed by atoms with Crippen LogP contribution in [0.4, 0.5) is 5.82 Å². The number of rotatable bonds is 4. The zero-order valence-electron chi connectivity index (χ0n) is 12.8. The molecule has 0 aromatic carbocycles. The molecule has 1 aromatic heterocycles. The third-order valence-electron chi connectivity index (χ3n) is 3.48. The van der Waals surface area contributed by atoms with E-state index in [0.717, 1.165) is 29.9 Å². The number of nitrogens with zero attached hydrogens (tertiary/aromatic N) is 2. The number of amides is 1. The minimum Gasteiger partial charge on any atom is -0.500 e. The van der Waals surface area contributed by atoms with Crippen LogP contribution in [0.2, 0.25) is 0 Å². The summed E-state index contributed by atoms with van der Waals surface area (Å²) in [5, 5.41) is 5.72. The van der Waals surface area contributed by atoms with Gasteiger partial charge in [0.1, 0.15) is 17.9 Å². The van der Waals surface area contributed by atoms with E-state index >= 15 is 0 Å². The summed E-state index contributed by atoms with van der Waals surface area (Å²) < 4.78 is 5.34. The van der Waals surface area contributed by atoms with Crippen molar-refractivity contribution in [2.75, 3.05) is 25.5 Å². The Labute approximate surface area is 130 Å². The predicted octanol–water partition coefficient (Wildman–Crippen LogP) is 2.12. The Bertz CT molecular complexity index is 543. The number of ether oxygens (including phenoxy) is 1. The van der Waals surface area contributed by atoms with Gasteiger partial charge in [-0.2, -0.15) is 0 Å². The number of hydrogen-bond acceptors (Lipinski definition) is 5. The molecule has 3 rings (SSSR count). The minimum atomic E-state index is 0.479. The van der Waals surface area contributed by atoms with Gasteiger partial charge in [-0.15, -0.1) is 0 Å². The second-order valence-corrected chi connectivity index (χ2v) is 4.99. The summed E-state index contributed by atoms with van der Waals surface area (Å²) in [7, 11) is 1.65. The summed E-state index contributed by atoms with van der Waals surface area (Å²) in [6.07, 6.45) is 10.7. The number of nitrogens with one attached hydrogen (secondary N) is 2. The van der Waals surface area contributed by atoms with Gasteiger partial charge in [-0.3, -0.25) is 4.79 Å². The highest BCUT2D eigenvalue weighted by atomic mass is 16.5. The topological polar surface area (TPSA) is 76.1 Å². The van der Waals surface area contributed by atoms with E-state index in [1.54, 1.807) is 13.2 Å². The van der Waals surface area contributed by atoms with Gasteiger partial charge in [-0.05, 0) is 32.4 Å². The second kappa shape index (κ2) is 8.94. The fourth-order valence-electron chi connectivity index (χ4n) is 2.35. The van der Waals surface area contributed by atoms with E-state index in [2.05, 4.69) is 26.7 Å². The van der Waals surface area contributed by atoms with Gasteiger partial charge in [0.25, 0.3) is 0 Å². The Morgan fingerprint density at radius 3 is 2.77 bits per heavy atom. The second-order valence-electron chi connectivity index (χ2n) is 4.99. The largest absolute Gasteiger partial charge is 0.500 e. The van der Waals surface area contributed by atoms with E-state index in [0.29, 0.717) is 12.2 Å². The van der Waals surface area contributed by atoms with Crippen molar-refractivity contribution < 1.29 is 9.53 Å². The standard InChI is InChI=1S/C12H13N3O2.C4H9N/c1-17-11-5-3-2-4-9(11)10-6-12(15-8-16)14-7-13-10;1-2-4-5-3-1/h2,4,6-8H,3,5H2,1H3,(H,13,14,15,16);5H,1-4H2. The van der Waals surface area contributed by atoms with Crippen LogP contribution in [-0.4, -0.2) is 36.6 Å². The van der Waals surface area contributed by atoms with Crippen LogP contribution in [0.3, 0.4) is 0 Å². The number of aromatic nitrogens is 2. The number of carbonyl (C=O) groups excluding carboxylic acids is 1. The van der Waals surface area contributed by atoms with Gasteiger partial charge in [0.15, 0.2) is 0 Å². The first-order valence-corrected chi connectivity index (χ1v) is 7.52. The van der Waals surface area contributed by atoms with Gasteiger partial charge in [-0.25, -0.2) is 9.97 Å². The molecule has 0 atom stereocenters. The Morgan fingerprint density at radius 1 is 1.32 bits per heavy atom. The highest BCUT2D eigenvalue weighted by Gasteiger charge is 2.12. The van der Waals surface area contributed by atoms with Crippen LogP contribution in [0.1, 0.15) is 31.4 Å². The monoisotopic (exact) mass is 302 g/mol. The van der Waals surface area contributed by atoms with Crippen LogP contribution in [0.25, 0.3) is 5.57 Å². The molecule has 2 N–H and O–H groups in total. The van der Waals surface area contributed by atoms with Gasteiger partial charge >= 0.3 is 0 Å². The van der Waals surface area contributed by atoms with E-state index < -0.39 is 0 Å². The van der Waals surface area contributed by atoms with E-state index in [1.165, 1.54) is 32.3 Å². The highest BCUT2D eigenvalue weighted by Crippen LogP contribution is 2.27. The summed E-state index contributed by atoms with van der Waals surface area (Å²) in [6.45, 7) is 2.50. The molecule has 0 spiro atoms. The molecule has 0 unspecified atom stereocenters. The molecule has 6 heteroatoms. The Morgan fingerprint density at radius 2 is 2.14 bits per heavy atom. The van der Waals surface area contributed by atoms with E-state index in [-0.39, 0.29) is 0 Å². The molecule has 1 amide bonds. The van der Waals surface area contributed by atoms with Crippen molar-refractivity contribution in [3.63, 3.8) is 0 Å². The Balaban J connectivity index is 0.000000299. The van der Waals surface area contributed by atoms with Crippen LogP contribution in [-0.2, 0) is 9.53 Å². The Kier molecular flexibility index (Phi) is 6.57. The zero-order chi connectivity index (χ0) is 15.6. The quantitative estimate of drug-likeness (QED) is 0.833. The number of methoxy groups -OCH3 is 1. The van der Waals surface area contributed by atoms with E-state index in [1.807, 2.05) is 6.08 Å². The van der Waals surface area contributed by atoms with Gasteiger partial charge in [0.05, 0.1) is 12.8 Å². The van der Waals surface area contributed by atoms with Gasteiger partial charge in [0, 0.05) is 18.1 Å². The van der Waals surface area contributed by atoms with Crippen molar-refractivity contribution in [3.05, 3.63) is 36.0 Å². The number of hydrogen-bond donors (Lipinski definition) is 2. The molecular weight excluding hydrogens is 280 g/mol. The normalized spacial score (nSPS) is 16.8. The number of anilines is 1. The van der Waals surface area contributed by atoms with E-state index in [9.17, 15) is 4.79 Å². The predicted molar refractivity (Wildman–Crippen MR) is 86.1 cm³/mol. The summed E-state index contributed by atoms with van der Waals surface area (Å²) in [5.41, 5.74) is 1.69. The molecule has 118 valence electrons. The van der Waals surface area contributed by atoms with Crippen LogP contribution >= 0.6 is 0 Å². The first-order valence-electron chi connectivity index (χ1n) is 7.52. The third-order valence-corrected chi connectivity index (χ3v) is 3.48. The molecule has 0 bridgehead atoms. The molecule has 0 saturated carbocycles. The van der Waals surface area contributed by atoms with Crippen molar-refractivity contribution in [1.29, 1.82) is 0 Å². The third kappa shape index (κ3) is 4.66. The molecular formula is C16H22N4O2. The van der Waals surface area contributed by atoms with Crippen LogP contribution in [0, 0.1) is 0 Å². The average molecular weight is 302 g/mol. The molecule has 1 aliphatic heterocycles. The van der Waals surface area contributed by atoms with Crippen LogP contribution in [0.15, 0.2) is 30.3 Å². The molecule has 22 heavy (non-hydrogen) atoms. The molecule has 6 nitrogen and oxygen atoms in total. The first kappa shape index (κ1) is 16.2. The van der Waals surface area contributed by atoms with Crippen molar-refractivity contribution in [3.8, 4) is 0 Å². The van der Waals surface area contributed by atoms with Gasteiger partial charge in [0.2, 0.25) is 6.41 Å². The maximum atomic E-state index is 10.4. The lowest BCUT2D eigenvalue weighted by atomic mass is 10.0. The van der Waals surface area contributed by atoms with Crippen LogP contribution in [0.5, 0.6) is 0 Å². The molecule has 1 aromatic rings. The Hall–Kier alpha value is -2.21. The van der Waals surface area contributed by atoms with Crippen molar-refractivity contribution >= 4 is 17.8 Å². The SMILES string of the molecule is C1CCNC1.COC1=C(c2cc(NC=O)ncn2)C=CCC1.